The van der Waals surface area contributed by atoms with Crippen LogP contribution < -0.4 is 14.8 Å². The van der Waals surface area contributed by atoms with Gasteiger partial charge in [-0.15, -0.1) is 11.8 Å². The molecule has 0 unspecified atom stereocenters. The number of phenolic OH excluding ortho intramolecular Hbond substituents is 1. The molecule has 1 amide bonds. The minimum absolute atomic E-state index is 0.0419. The van der Waals surface area contributed by atoms with Gasteiger partial charge in [0, 0.05) is 12.6 Å². The predicted molar refractivity (Wildman–Crippen MR) is 92.1 cm³/mol. The minimum Gasteiger partial charge on any atom is -0.502 e. The zero-order valence-corrected chi connectivity index (χ0v) is 14.7. The lowest BCUT2D eigenvalue weighted by Gasteiger charge is -2.18. The zero-order valence-electron chi connectivity index (χ0n) is 13.9. The van der Waals surface area contributed by atoms with Crippen molar-refractivity contribution >= 4 is 23.5 Å². The molecule has 1 aromatic carbocycles. The number of anilines is 1. The van der Waals surface area contributed by atoms with Crippen LogP contribution in [-0.4, -0.2) is 40.8 Å². The van der Waals surface area contributed by atoms with Crippen LogP contribution in [0.5, 0.6) is 17.2 Å². The molecule has 8 heteroatoms. The van der Waals surface area contributed by atoms with E-state index in [1.54, 1.807) is 23.9 Å². The van der Waals surface area contributed by atoms with Crippen molar-refractivity contribution < 1.29 is 19.4 Å². The third-order valence-corrected chi connectivity index (χ3v) is 5.24. The summed E-state index contributed by atoms with van der Waals surface area (Å²) in [5.41, 5.74) is 2.67. The van der Waals surface area contributed by atoms with E-state index in [1.165, 1.54) is 26.0 Å². The first kappa shape index (κ1) is 16.5. The van der Waals surface area contributed by atoms with Gasteiger partial charge in [-0.1, -0.05) is 0 Å². The number of ether oxygens (including phenoxy) is 2. The lowest BCUT2D eigenvalue weighted by molar-refractivity contribution is -0.113. The first-order valence-electron chi connectivity index (χ1n) is 7.36. The van der Waals surface area contributed by atoms with E-state index in [2.05, 4.69) is 10.4 Å². The van der Waals surface area contributed by atoms with Gasteiger partial charge in [0.05, 0.1) is 30.9 Å². The van der Waals surface area contributed by atoms with E-state index >= 15 is 0 Å². The molecule has 2 heterocycles. The molecule has 0 bridgehead atoms. The number of fused-ring (bicyclic) bond motifs is 1. The number of nitrogens with one attached hydrogen (secondary N) is 1. The molecule has 0 radical (unpaired) electrons. The summed E-state index contributed by atoms with van der Waals surface area (Å²) < 4.78 is 12.2. The van der Waals surface area contributed by atoms with Crippen molar-refractivity contribution in [3.63, 3.8) is 0 Å². The average Bonchev–Trinajstić information content (AvgIpc) is 2.73. The van der Waals surface area contributed by atoms with Gasteiger partial charge in [0.15, 0.2) is 11.5 Å². The monoisotopic (exact) mass is 349 g/mol. The van der Waals surface area contributed by atoms with E-state index < -0.39 is 0 Å². The van der Waals surface area contributed by atoms with Crippen LogP contribution in [0, 0.1) is 6.92 Å². The molecule has 0 fully saturated rings. The van der Waals surface area contributed by atoms with Gasteiger partial charge in [0.25, 0.3) is 0 Å². The number of carbonyl (C=O) groups is 1. The van der Waals surface area contributed by atoms with Gasteiger partial charge in [-0.3, -0.25) is 9.48 Å². The molecule has 3 rings (SSSR count). The summed E-state index contributed by atoms with van der Waals surface area (Å²) in [6, 6.07) is 3.53. The van der Waals surface area contributed by atoms with Crippen molar-refractivity contribution in [3.8, 4) is 17.2 Å². The number of methoxy groups -OCH3 is 2. The molecular weight excluding hydrogens is 330 g/mol. The largest absolute Gasteiger partial charge is 0.502 e. The number of aryl methyl sites for hydroxylation is 2. The SMILES string of the molecule is COc1cc([C@H]2SCC(=O)Nc3c2c(C)nn3C)cc(OC)c1O. The Morgan fingerprint density at radius 3 is 2.54 bits per heavy atom. The number of thioether (sulfide) groups is 1. The van der Waals surface area contributed by atoms with E-state index in [0.29, 0.717) is 23.1 Å². The number of benzene rings is 1. The maximum absolute atomic E-state index is 12.0. The second-order valence-electron chi connectivity index (χ2n) is 5.48. The number of amides is 1. The van der Waals surface area contributed by atoms with E-state index in [0.717, 1.165) is 16.8 Å². The van der Waals surface area contributed by atoms with E-state index in [1.807, 2.05) is 6.92 Å². The Labute approximate surface area is 144 Å². The molecule has 0 spiro atoms. The van der Waals surface area contributed by atoms with E-state index in [9.17, 15) is 9.90 Å². The summed E-state index contributed by atoms with van der Waals surface area (Å²) in [5.74, 6) is 1.57. The second-order valence-corrected chi connectivity index (χ2v) is 6.58. The Kier molecular flexibility index (Phi) is 4.31. The van der Waals surface area contributed by atoms with Crippen molar-refractivity contribution in [2.45, 2.75) is 12.2 Å². The minimum atomic E-state index is -0.129. The molecule has 0 saturated carbocycles. The van der Waals surface area contributed by atoms with Crippen molar-refractivity contribution in [2.75, 3.05) is 25.3 Å². The van der Waals surface area contributed by atoms with Gasteiger partial charge in [-0.05, 0) is 24.6 Å². The first-order valence-corrected chi connectivity index (χ1v) is 8.41. The summed E-state index contributed by atoms with van der Waals surface area (Å²) in [4.78, 5) is 12.0. The molecule has 128 valence electrons. The van der Waals surface area contributed by atoms with Crippen LogP contribution in [0.25, 0.3) is 0 Å². The number of phenols is 1. The standard InChI is InChI=1S/C16H19N3O4S/c1-8-13-15(24-7-12(20)17-16(13)19(2)18-8)9-5-10(22-3)14(21)11(6-9)23-4/h5-6,15,21H,7H2,1-4H3,(H,17,20)/t15-/m1/s1. The van der Waals surface area contributed by atoms with Crippen LogP contribution in [-0.2, 0) is 11.8 Å². The van der Waals surface area contributed by atoms with Crippen molar-refractivity contribution in [3.05, 3.63) is 29.0 Å². The molecule has 1 atom stereocenters. The summed E-state index contributed by atoms with van der Waals surface area (Å²) in [7, 11) is 4.78. The fourth-order valence-electron chi connectivity index (χ4n) is 2.88. The Hall–Kier alpha value is -2.35. The number of nitrogens with zero attached hydrogens (tertiary/aromatic N) is 2. The third-order valence-electron chi connectivity index (χ3n) is 3.97. The topological polar surface area (TPSA) is 85.6 Å². The summed E-state index contributed by atoms with van der Waals surface area (Å²) in [6.45, 7) is 1.92. The number of aromatic nitrogens is 2. The summed E-state index contributed by atoms with van der Waals surface area (Å²) in [6.07, 6.45) is 0. The smallest absolute Gasteiger partial charge is 0.235 e. The molecule has 2 N–H and O–H groups in total. The molecule has 0 saturated heterocycles. The van der Waals surface area contributed by atoms with Gasteiger partial charge in [0.1, 0.15) is 5.82 Å². The number of aromatic hydroxyl groups is 1. The molecule has 1 aliphatic rings. The molecule has 0 aliphatic carbocycles. The van der Waals surface area contributed by atoms with Crippen LogP contribution in [0.15, 0.2) is 12.1 Å². The maximum Gasteiger partial charge on any atom is 0.235 e. The molecule has 1 aliphatic heterocycles. The molecule has 7 nitrogen and oxygen atoms in total. The lowest BCUT2D eigenvalue weighted by atomic mass is 10.0. The number of hydrogen-bond acceptors (Lipinski definition) is 6. The fraction of sp³-hybridized carbons (Fsp3) is 0.375. The van der Waals surface area contributed by atoms with Gasteiger partial charge in [-0.2, -0.15) is 5.10 Å². The number of carbonyl (C=O) groups excluding carboxylic acids is 1. The maximum atomic E-state index is 12.0. The molecule has 24 heavy (non-hydrogen) atoms. The van der Waals surface area contributed by atoms with Gasteiger partial charge in [0.2, 0.25) is 11.7 Å². The Morgan fingerprint density at radius 1 is 1.33 bits per heavy atom. The van der Waals surface area contributed by atoms with Crippen molar-refractivity contribution in [1.82, 2.24) is 9.78 Å². The van der Waals surface area contributed by atoms with Crippen LogP contribution >= 0.6 is 11.8 Å². The van der Waals surface area contributed by atoms with Crippen LogP contribution in [0.3, 0.4) is 0 Å². The highest BCUT2D eigenvalue weighted by Crippen LogP contribution is 2.47. The van der Waals surface area contributed by atoms with Crippen molar-refractivity contribution in [2.24, 2.45) is 7.05 Å². The number of rotatable bonds is 3. The quantitative estimate of drug-likeness (QED) is 0.884. The van der Waals surface area contributed by atoms with Gasteiger partial charge >= 0.3 is 0 Å². The fourth-order valence-corrected chi connectivity index (χ4v) is 4.04. The van der Waals surface area contributed by atoms with E-state index in [-0.39, 0.29) is 16.9 Å². The van der Waals surface area contributed by atoms with Gasteiger partial charge in [-0.25, -0.2) is 0 Å². The Balaban J connectivity index is 2.18. The molecule has 1 aromatic heterocycles. The van der Waals surface area contributed by atoms with Crippen LogP contribution in [0.2, 0.25) is 0 Å². The van der Waals surface area contributed by atoms with Crippen molar-refractivity contribution in [1.29, 1.82) is 0 Å². The predicted octanol–water partition coefficient (Wildman–Crippen LogP) is 2.23. The number of hydrogen-bond donors (Lipinski definition) is 2. The average molecular weight is 349 g/mol. The highest BCUT2D eigenvalue weighted by atomic mass is 32.2. The summed E-state index contributed by atoms with van der Waals surface area (Å²) >= 11 is 1.50. The molecular formula is C16H19N3O4S. The summed E-state index contributed by atoms with van der Waals surface area (Å²) in [5, 5.41) is 17.3. The van der Waals surface area contributed by atoms with E-state index in [4.69, 9.17) is 9.47 Å². The van der Waals surface area contributed by atoms with Crippen LogP contribution in [0.1, 0.15) is 22.1 Å². The van der Waals surface area contributed by atoms with Gasteiger partial charge < -0.3 is 19.9 Å². The molecule has 2 aromatic rings. The highest BCUT2D eigenvalue weighted by molar-refractivity contribution is 8.00. The Morgan fingerprint density at radius 2 is 1.96 bits per heavy atom. The first-order chi connectivity index (χ1) is 11.5. The third kappa shape index (κ3) is 2.66. The normalized spacial score (nSPS) is 17.0. The van der Waals surface area contributed by atoms with Crippen LogP contribution in [0.4, 0.5) is 5.82 Å². The highest BCUT2D eigenvalue weighted by Gasteiger charge is 2.30. The Bertz CT molecular complexity index is 778. The second kappa shape index (κ2) is 6.27. The lowest BCUT2D eigenvalue weighted by Crippen LogP contribution is -2.15. The zero-order chi connectivity index (χ0) is 17.4.